The van der Waals surface area contributed by atoms with Gasteiger partial charge in [-0.25, -0.2) is 0 Å². The second-order valence-electron chi connectivity index (χ2n) is 6.25. The molecule has 6 heteroatoms. The topological polar surface area (TPSA) is 66.3 Å². The van der Waals surface area contributed by atoms with Gasteiger partial charge >= 0.3 is 0 Å². The van der Waals surface area contributed by atoms with E-state index in [1.54, 1.807) is 0 Å². The van der Waals surface area contributed by atoms with Crippen molar-refractivity contribution in [3.8, 4) is 12.3 Å². The molecule has 0 aromatic heterocycles. The van der Waals surface area contributed by atoms with Gasteiger partial charge in [0.25, 0.3) is 0 Å². The zero-order valence-corrected chi connectivity index (χ0v) is 14.3. The summed E-state index contributed by atoms with van der Waals surface area (Å²) in [4.78, 5) is 14.7. The van der Waals surface area contributed by atoms with Crippen LogP contribution in [0.15, 0.2) is 10.2 Å². The zero-order chi connectivity index (χ0) is 16.7. The van der Waals surface area contributed by atoms with Gasteiger partial charge in [-0.15, -0.1) is 12.3 Å². The summed E-state index contributed by atoms with van der Waals surface area (Å²) >= 11 is 0. The maximum atomic E-state index is 12.5. The molecule has 2 aliphatic rings. The molecule has 2 aliphatic heterocycles. The number of nitrogens with one attached hydrogen (secondary N) is 1. The minimum atomic E-state index is -0.326. The van der Waals surface area contributed by atoms with E-state index in [0.717, 1.165) is 38.8 Å². The van der Waals surface area contributed by atoms with Crippen molar-refractivity contribution in [1.82, 2.24) is 10.2 Å². The van der Waals surface area contributed by atoms with E-state index in [-0.39, 0.29) is 23.7 Å². The first-order chi connectivity index (χ1) is 11.1. The van der Waals surface area contributed by atoms with Crippen molar-refractivity contribution in [3.63, 3.8) is 0 Å². The molecule has 2 unspecified atom stereocenters. The number of nitrogens with zero attached hydrogens (tertiary/aromatic N) is 3. The van der Waals surface area contributed by atoms with Crippen molar-refractivity contribution in [2.75, 3.05) is 26.2 Å². The van der Waals surface area contributed by atoms with Gasteiger partial charge in [0.2, 0.25) is 5.91 Å². The maximum Gasteiger partial charge on any atom is 0.237 e. The van der Waals surface area contributed by atoms with Crippen molar-refractivity contribution < 1.29 is 9.53 Å². The molecule has 0 aromatic carbocycles. The SMILES string of the molecule is C#CCCC1(CCNC(=O)C(CC)N2CCOC(CC)C2)N=N1. The molecule has 6 nitrogen and oxygen atoms in total. The molecule has 0 aliphatic carbocycles. The van der Waals surface area contributed by atoms with Crippen LogP contribution in [-0.2, 0) is 9.53 Å². The standard InChI is InChI=1S/C17H28N4O2/c1-4-7-8-17(19-20-17)9-10-18-16(22)15(6-3)21-11-12-23-14(5-2)13-21/h1,14-15H,5-13H2,2-3H3,(H,18,22). The van der Waals surface area contributed by atoms with Crippen molar-refractivity contribution in [2.45, 2.75) is 63.8 Å². The number of amides is 1. The summed E-state index contributed by atoms with van der Waals surface area (Å²) in [5, 5.41) is 11.2. The predicted molar refractivity (Wildman–Crippen MR) is 89.0 cm³/mol. The smallest absolute Gasteiger partial charge is 0.237 e. The molecule has 0 bridgehead atoms. The summed E-state index contributed by atoms with van der Waals surface area (Å²) in [5.41, 5.74) is -0.326. The van der Waals surface area contributed by atoms with Gasteiger partial charge in [0.05, 0.1) is 18.8 Å². The first-order valence-corrected chi connectivity index (χ1v) is 8.65. The lowest BCUT2D eigenvalue weighted by Gasteiger charge is -2.37. The molecule has 2 heterocycles. The van der Waals surface area contributed by atoms with E-state index < -0.39 is 0 Å². The summed E-state index contributed by atoms with van der Waals surface area (Å²) in [6, 6.07) is -0.0808. The number of hydrogen-bond donors (Lipinski definition) is 1. The lowest BCUT2D eigenvalue weighted by atomic mass is 10.0. The molecule has 2 atom stereocenters. The third-order valence-electron chi connectivity index (χ3n) is 4.63. The van der Waals surface area contributed by atoms with E-state index in [1.807, 2.05) is 0 Å². The Morgan fingerprint density at radius 1 is 1.48 bits per heavy atom. The molecule has 0 spiro atoms. The van der Waals surface area contributed by atoms with Crippen LogP contribution >= 0.6 is 0 Å². The van der Waals surface area contributed by atoms with Crippen molar-refractivity contribution in [3.05, 3.63) is 0 Å². The number of carbonyl (C=O) groups is 1. The molecular weight excluding hydrogens is 292 g/mol. The van der Waals surface area contributed by atoms with Crippen LogP contribution in [-0.4, -0.2) is 54.9 Å². The molecular formula is C17H28N4O2. The van der Waals surface area contributed by atoms with Crippen LogP contribution in [0.25, 0.3) is 0 Å². The fourth-order valence-corrected chi connectivity index (χ4v) is 3.05. The number of morpholine rings is 1. The van der Waals surface area contributed by atoms with E-state index in [2.05, 4.69) is 40.2 Å². The fraction of sp³-hybridized carbons (Fsp3) is 0.824. The third kappa shape index (κ3) is 5.02. The lowest BCUT2D eigenvalue weighted by Crippen LogP contribution is -2.53. The van der Waals surface area contributed by atoms with E-state index in [9.17, 15) is 4.79 Å². The van der Waals surface area contributed by atoms with Gasteiger partial charge < -0.3 is 10.1 Å². The van der Waals surface area contributed by atoms with Crippen molar-refractivity contribution in [2.24, 2.45) is 10.2 Å². The highest BCUT2D eigenvalue weighted by Crippen LogP contribution is 2.36. The Kier molecular flexibility index (Phi) is 6.55. The lowest BCUT2D eigenvalue weighted by molar-refractivity contribution is -0.130. The Morgan fingerprint density at radius 2 is 2.26 bits per heavy atom. The highest BCUT2D eigenvalue weighted by atomic mass is 16.5. The van der Waals surface area contributed by atoms with E-state index in [1.165, 1.54) is 0 Å². The number of carbonyl (C=O) groups excluding carboxylic acids is 1. The van der Waals surface area contributed by atoms with Crippen LogP contribution in [0.2, 0.25) is 0 Å². The van der Waals surface area contributed by atoms with Gasteiger partial charge in [0.15, 0.2) is 5.66 Å². The first kappa shape index (κ1) is 17.9. The van der Waals surface area contributed by atoms with Crippen molar-refractivity contribution in [1.29, 1.82) is 0 Å². The van der Waals surface area contributed by atoms with Crippen LogP contribution < -0.4 is 5.32 Å². The van der Waals surface area contributed by atoms with Gasteiger partial charge in [-0.2, -0.15) is 10.2 Å². The van der Waals surface area contributed by atoms with Crippen LogP contribution in [0.5, 0.6) is 0 Å². The Labute approximate surface area is 139 Å². The monoisotopic (exact) mass is 320 g/mol. The van der Waals surface area contributed by atoms with Crippen LogP contribution in [0.3, 0.4) is 0 Å². The summed E-state index contributed by atoms with van der Waals surface area (Å²) in [6.45, 7) is 7.12. The van der Waals surface area contributed by atoms with E-state index >= 15 is 0 Å². The summed E-state index contributed by atoms with van der Waals surface area (Å²) in [6.07, 6.45) is 9.49. The Bertz CT molecular complexity index is 466. The summed E-state index contributed by atoms with van der Waals surface area (Å²) in [7, 11) is 0. The minimum absolute atomic E-state index is 0.0808. The largest absolute Gasteiger partial charge is 0.376 e. The number of ether oxygens (including phenoxy) is 1. The quantitative estimate of drug-likeness (QED) is 0.660. The third-order valence-corrected chi connectivity index (χ3v) is 4.63. The highest BCUT2D eigenvalue weighted by Gasteiger charge is 2.39. The average Bonchev–Trinajstić information content (AvgIpc) is 3.34. The number of terminal acetylenes is 1. The predicted octanol–water partition coefficient (Wildman–Crippen LogP) is 1.96. The van der Waals surface area contributed by atoms with Gasteiger partial charge in [-0.05, 0) is 12.8 Å². The van der Waals surface area contributed by atoms with Crippen molar-refractivity contribution >= 4 is 5.91 Å². The zero-order valence-electron chi connectivity index (χ0n) is 14.3. The van der Waals surface area contributed by atoms with E-state index in [0.29, 0.717) is 19.6 Å². The van der Waals surface area contributed by atoms with E-state index in [4.69, 9.17) is 11.2 Å². The molecule has 1 N–H and O–H groups in total. The molecule has 0 radical (unpaired) electrons. The number of hydrogen-bond acceptors (Lipinski definition) is 5. The van der Waals surface area contributed by atoms with Gasteiger partial charge in [-0.1, -0.05) is 13.8 Å². The molecule has 0 aromatic rings. The summed E-state index contributed by atoms with van der Waals surface area (Å²) in [5.74, 6) is 2.71. The normalized spacial score (nSPS) is 24.0. The molecule has 128 valence electrons. The molecule has 1 amide bonds. The average molecular weight is 320 g/mol. The second-order valence-corrected chi connectivity index (χ2v) is 6.25. The van der Waals surface area contributed by atoms with Crippen LogP contribution in [0.4, 0.5) is 0 Å². The molecule has 1 fully saturated rings. The molecule has 0 saturated carbocycles. The van der Waals surface area contributed by atoms with Gasteiger partial charge in [0.1, 0.15) is 0 Å². The highest BCUT2D eigenvalue weighted by molar-refractivity contribution is 5.81. The summed E-state index contributed by atoms with van der Waals surface area (Å²) < 4.78 is 5.69. The Balaban J connectivity index is 1.76. The minimum Gasteiger partial charge on any atom is -0.376 e. The Hall–Kier alpha value is -1.45. The second kappa shape index (κ2) is 8.42. The molecule has 23 heavy (non-hydrogen) atoms. The fourth-order valence-electron chi connectivity index (χ4n) is 3.05. The van der Waals surface area contributed by atoms with Crippen LogP contribution in [0, 0.1) is 12.3 Å². The maximum absolute atomic E-state index is 12.5. The van der Waals surface area contributed by atoms with Crippen LogP contribution in [0.1, 0.15) is 46.0 Å². The number of rotatable bonds is 9. The molecule has 2 rings (SSSR count). The molecule has 1 saturated heterocycles. The Morgan fingerprint density at radius 3 is 2.87 bits per heavy atom. The van der Waals surface area contributed by atoms with Gasteiger partial charge in [-0.3, -0.25) is 9.69 Å². The van der Waals surface area contributed by atoms with Gasteiger partial charge in [0, 0.05) is 38.9 Å². The first-order valence-electron chi connectivity index (χ1n) is 8.65.